The number of carbonyl (C=O) groups excluding carboxylic acids is 1. The van der Waals surface area contributed by atoms with Crippen LogP contribution in [0, 0.1) is 21.4 Å². The minimum atomic E-state index is -5.00. The van der Waals surface area contributed by atoms with Gasteiger partial charge in [-0.2, -0.15) is 18.4 Å². The molecule has 1 atom stereocenters. The van der Waals surface area contributed by atoms with Crippen molar-refractivity contribution in [3.05, 3.63) is 57.2 Å². The summed E-state index contributed by atoms with van der Waals surface area (Å²) < 4.78 is 44.7. The summed E-state index contributed by atoms with van der Waals surface area (Å²) in [5.74, 6) is -2.58. The molecule has 0 aliphatic heterocycles. The maximum Gasteiger partial charge on any atom is 0.414 e. The lowest BCUT2D eigenvalue weighted by molar-refractivity contribution is -0.481. The predicted molar refractivity (Wildman–Crippen MR) is 81.0 cm³/mol. The lowest BCUT2D eigenvalue weighted by Crippen LogP contribution is -2.23. The Bertz CT molecular complexity index is 694. The Morgan fingerprint density at radius 1 is 1.36 bits per heavy atom. The molecule has 134 valence electrons. The standard InChI is InChI=1S/C16H15F3N2O4/c1-2-25-15(22)8-14(16(17,18)19)12(9-20)13(10-21(23)24)11-6-4-3-5-7-11/h3-7,13H,2,8,10H2,1H3/b14-12+. The molecular weight excluding hydrogens is 341 g/mol. The zero-order valence-electron chi connectivity index (χ0n) is 13.2. The molecule has 0 bridgehead atoms. The third-order valence-corrected chi connectivity index (χ3v) is 3.30. The Balaban J connectivity index is 3.49. The third-order valence-electron chi connectivity index (χ3n) is 3.30. The van der Waals surface area contributed by atoms with Gasteiger partial charge in [0.25, 0.3) is 0 Å². The topological polar surface area (TPSA) is 93.2 Å². The van der Waals surface area contributed by atoms with Crippen LogP contribution in [-0.2, 0) is 9.53 Å². The molecule has 0 saturated carbocycles. The Morgan fingerprint density at radius 2 is 1.96 bits per heavy atom. The van der Waals surface area contributed by atoms with Crippen LogP contribution in [-0.4, -0.2) is 30.2 Å². The minimum Gasteiger partial charge on any atom is -0.466 e. The number of alkyl halides is 3. The van der Waals surface area contributed by atoms with Crippen molar-refractivity contribution >= 4 is 5.97 Å². The normalized spacial score (nSPS) is 13.4. The van der Waals surface area contributed by atoms with Crippen LogP contribution < -0.4 is 0 Å². The number of rotatable bonds is 7. The average molecular weight is 356 g/mol. The highest BCUT2D eigenvalue weighted by Gasteiger charge is 2.41. The van der Waals surface area contributed by atoms with Gasteiger partial charge in [0.1, 0.15) is 0 Å². The second kappa shape index (κ2) is 8.82. The summed E-state index contributed by atoms with van der Waals surface area (Å²) in [6.07, 6.45) is -6.18. The number of carbonyl (C=O) groups is 1. The highest BCUT2D eigenvalue weighted by molar-refractivity contribution is 5.73. The predicted octanol–water partition coefficient (Wildman–Crippen LogP) is 3.38. The van der Waals surface area contributed by atoms with Gasteiger partial charge in [-0.1, -0.05) is 30.3 Å². The second-order valence-electron chi connectivity index (χ2n) is 4.96. The smallest absolute Gasteiger partial charge is 0.414 e. The monoisotopic (exact) mass is 356 g/mol. The number of nitriles is 1. The van der Waals surface area contributed by atoms with E-state index in [9.17, 15) is 33.3 Å². The molecule has 25 heavy (non-hydrogen) atoms. The van der Waals surface area contributed by atoms with Crippen molar-refractivity contribution in [2.24, 2.45) is 0 Å². The van der Waals surface area contributed by atoms with Gasteiger partial charge in [-0.3, -0.25) is 14.9 Å². The van der Waals surface area contributed by atoms with Gasteiger partial charge in [0.2, 0.25) is 6.54 Å². The van der Waals surface area contributed by atoms with Gasteiger partial charge in [-0.05, 0) is 12.5 Å². The quantitative estimate of drug-likeness (QED) is 0.323. The van der Waals surface area contributed by atoms with E-state index in [1.54, 1.807) is 6.07 Å². The highest BCUT2D eigenvalue weighted by Crippen LogP contribution is 2.37. The molecule has 0 spiro atoms. The summed E-state index contributed by atoms with van der Waals surface area (Å²) in [7, 11) is 0. The molecule has 1 rings (SSSR count). The van der Waals surface area contributed by atoms with Crippen molar-refractivity contribution in [1.29, 1.82) is 5.26 Å². The maximum absolute atomic E-state index is 13.4. The fourth-order valence-corrected chi connectivity index (χ4v) is 2.26. The van der Waals surface area contributed by atoms with E-state index < -0.39 is 47.1 Å². The van der Waals surface area contributed by atoms with Crippen LogP contribution in [0.4, 0.5) is 13.2 Å². The molecule has 6 nitrogen and oxygen atoms in total. The van der Waals surface area contributed by atoms with Gasteiger partial charge in [0.05, 0.1) is 36.2 Å². The molecule has 0 radical (unpaired) electrons. The Labute approximate surface area is 141 Å². The van der Waals surface area contributed by atoms with E-state index in [-0.39, 0.29) is 12.2 Å². The molecule has 9 heteroatoms. The lowest BCUT2D eigenvalue weighted by atomic mass is 9.87. The van der Waals surface area contributed by atoms with E-state index in [0.717, 1.165) is 0 Å². The second-order valence-corrected chi connectivity index (χ2v) is 4.96. The van der Waals surface area contributed by atoms with Crippen LogP contribution in [0.15, 0.2) is 41.5 Å². The number of halogens is 3. The van der Waals surface area contributed by atoms with Crippen LogP contribution in [0.25, 0.3) is 0 Å². The zero-order valence-corrected chi connectivity index (χ0v) is 13.2. The van der Waals surface area contributed by atoms with Crippen LogP contribution >= 0.6 is 0 Å². The van der Waals surface area contributed by atoms with Gasteiger partial charge in [-0.25, -0.2) is 0 Å². The van der Waals surface area contributed by atoms with E-state index in [1.165, 1.54) is 37.3 Å². The molecule has 0 saturated heterocycles. The van der Waals surface area contributed by atoms with E-state index in [0.29, 0.717) is 0 Å². The molecule has 1 unspecified atom stereocenters. The van der Waals surface area contributed by atoms with Crippen LogP contribution in [0.1, 0.15) is 24.8 Å². The number of nitrogens with zero attached hydrogens (tertiary/aromatic N) is 2. The molecule has 1 aromatic carbocycles. The van der Waals surface area contributed by atoms with Crippen LogP contribution in [0.2, 0.25) is 0 Å². The highest BCUT2D eigenvalue weighted by atomic mass is 19.4. The Morgan fingerprint density at radius 3 is 2.40 bits per heavy atom. The Kier molecular flexibility index (Phi) is 7.11. The van der Waals surface area contributed by atoms with Crippen LogP contribution in [0.3, 0.4) is 0 Å². The van der Waals surface area contributed by atoms with Gasteiger partial charge in [0.15, 0.2) is 0 Å². The summed E-state index contributed by atoms with van der Waals surface area (Å²) in [6, 6.07) is 8.77. The van der Waals surface area contributed by atoms with E-state index in [4.69, 9.17) is 0 Å². The zero-order chi connectivity index (χ0) is 19.0. The molecule has 0 N–H and O–H groups in total. The number of hydrogen-bond acceptors (Lipinski definition) is 5. The summed E-state index contributed by atoms with van der Waals surface area (Å²) >= 11 is 0. The van der Waals surface area contributed by atoms with E-state index >= 15 is 0 Å². The number of nitro groups is 1. The molecule has 0 fully saturated rings. The van der Waals surface area contributed by atoms with Gasteiger partial charge in [0, 0.05) is 4.92 Å². The molecule has 0 heterocycles. The summed E-state index contributed by atoms with van der Waals surface area (Å²) in [4.78, 5) is 21.6. The third kappa shape index (κ3) is 5.91. The number of ether oxygens (including phenoxy) is 1. The fourth-order valence-electron chi connectivity index (χ4n) is 2.26. The van der Waals surface area contributed by atoms with Crippen molar-refractivity contribution < 1.29 is 27.6 Å². The number of esters is 1. The van der Waals surface area contributed by atoms with Gasteiger partial charge >= 0.3 is 12.1 Å². The first-order valence-electron chi connectivity index (χ1n) is 7.23. The van der Waals surface area contributed by atoms with Gasteiger partial charge < -0.3 is 4.74 Å². The molecule has 0 aromatic heterocycles. The van der Waals surface area contributed by atoms with Crippen molar-refractivity contribution in [2.75, 3.05) is 13.2 Å². The van der Waals surface area contributed by atoms with E-state index in [1.807, 2.05) is 0 Å². The largest absolute Gasteiger partial charge is 0.466 e. The van der Waals surface area contributed by atoms with Crippen molar-refractivity contribution in [3.8, 4) is 6.07 Å². The summed E-state index contributed by atoms with van der Waals surface area (Å²) in [5, 5.41) is 20.2. The summed E-state index contributed by atoms with van der Waals surface area (Å²) in [5.41, 5.74) is -2.10. The van der Waals surface area contributed by atoms with Gasteiger partial charge in [-0.15, -0.1) is 0 Å². The SMILES string of the molecule is CCOC(=O)C/C(=C(/C#N)C(C[N+](=O)[O-])c1ccccc1)C(F)(F)F. The number of benzene rings is 1. The maximum atomic E-state index is 13.4. The van der Waals surface area contributed by atoms with Crippen molar-refractivity contribution in [1.82, 2.24) is 0 Å². The number of hydrogen-bond donors (Lipinski definition) is 0. The van der Waals surface area contributed by atoms with Crippen molar-refractivity contribution in [3.63, 3.8) is 0 Å². The van der Waals surface area contributed by atoms with E-state index in [2.05, 4.69) is 4.74 Å². The summed E-state index contributed by atoms with van der Waals surface area (Å²) in [6.45, 7) is 0.401. The molecule has 1 aromatic rings. The lowest BCUT2D eigenvalue weighted by Gasteiger charge is -2.19. The minimum absolute atomic E-state index is 0.122. The average Bonchev–Trinajstić information content (AvgIpc) is 2.53. The molecular formula is C16H15F3N2O4. The molecule has 0 aliphatic rings. The van der Waals surface area contributed by atoms with Crippen molar-refractivity contribution in [2.45, 2.75) is 25.4 Å². The Hall–Kier alpha value is -2.89. The first-order chi connectivity index (χ1) is 11.7. The fraction of sp³-hybridized carbons (Fsp3) is 0.375. The molecule has 0 amide bonds. The van der Waals surface area contributed by atoms with Crippen LogP contribution in [0.5, 0.6) is 0 Å². The first kappa shape index (κ1) is 20.2. The first-order valence-corrected chi connectivity index (χ1v) is 7.23. The molecule has 0 aliphatic carbocycles.